The Labute approximate surface area is 101 Å². The van der Waals surface area contributed by atoms with Crippen LogP contribution in [-0.4, -0.2) is 35.1 Å². The fraction of sp³-hybridized carbons (Fsp3) is 0.167. The quantitative estimate of drug-likeness (QED) is 0.791. The van der Waals surface area contributed by atoms with Crippen LogP contribution in [0, 0.1) is 5.82 Å². The number of carboxylic acid groups (broad SMARTS) is 1. The van der Waals surface area contributed by atoms with Crippen molar-refractivity contribution in [2.24, 2.45) is 0 Å². The predicted octanol–water partition coefficient (Wildman–Crippen LogP) is 1.59. The molecule has 0 saturated heterocycles. The average molecular weight is 251 g/mol. The number of hydrogen-bond acceptors (Lipinski definition) is 3. The van der Waals surface area contributed by atoms with Gasteiger partial charge in [0.2, 0.25) is 0 Å². The Kier molecular flexibility index (Phi) is 3.38. The third-order valence-electron chi connectivity index (χ3n) is 2.41. The smallest absolute Gasteiger partial charge is 0.329 e. The SMILES string of the molecule is O=C(O)COCC(=O)c1c[nH]c2cccc(F)c12. The van der Waals surface area contributed by atoms with E-state index >= 15 is 0 Å². The Morgan fingerprint density at radius 3 is 2.83 bits per heavy atom. The minimum atomic E-state index is -1.16. The van der Waals surface area contributed by atoms with Gasteiger partial charge in [0.1, 0.15) is 19.0 Å². The second-order valence-electron chi connectivity index (χ2n) is 3.67. The van der Waals surface area contributed by atoms with E-state index in [1.54, 1.807) is 6.07 Å². The molecule has 0 bridgehead atoms. The molecule has 0 spiro atoms. The van der Waals surface area contributed by atoms with Gasteiger partial charge >= 0.3 is 5.97 Å². The summed E-state index contributed by atoms with van der Waals surface area (Å²) in [5, 5.41) is 8.57. The number of hydrogen-bond donors (Lipinski definition) is 2. The molecule has 5 nitrogen and oxygen atoms in total. The molecular formula is C12H10FNO4. The van der Waals surface area contributed by atoms with Gasteiger partial charge in [0, 0.05) is 22.7 Å². The first kappa shape index (κ1) is 12.3. The number of carboxylic acids is 1. The number of Topliss-reactive ketones (excluding diaryl/α,β-unsaturated/α-hetero) is 1. The van der Waals surface area contributed by atoms with E-state index in [0.29, 0.717) is 5.52 Å². The number of ketones is 1. The van der Waals surface area contributed by atoms with Gasteiger partial charge in [0.05, 0.1) is 0 Å². The summed E-state index contributed by atoms with van der Waals surface area (Å²) in [5.41, 5.74) is 0.671. The second-order valence-corrected chi connectivity index (χ2v) is 3.67. The van der Waals surface area contributed by atoms with Crippen LogP contribution < -0.4 is 0 Å². The number of benzene rings is 1. The number of halogens is 1. The molecule has 1 aromatic heterocycles. The van der Waals surface area contributed by atoms with Gasteiger partial charge in [-0.3, -0.25) is 4.79 Å². The summed E-state index contributed by atoms with van der Waals surface area (Å²) in [5.74, 6) is -2.13. The van der Waals surface area contributed by atoms with Crippen molar-refractivity contribution in [2.45, 2.75) is 0 Å². The van der Waals surface area contributed by atoms with Crippen molar-refractivity contribution in [1.29, 1.82) is 0 Å². The number of aromatic nitrogens is 1. The minimum Gasteiger partial charge on any atom is -0.480 e. The van der Waals surface area contributed by atoms with Gasteiger partial charge in [-0.05, 0) is 12.1 Å². The maximum Gasteiger partial charge on any atom is 0.329 e. The van der Waals surface area contributed by atoms with Gasteiger partial charge in [0.25, 0.3) is 0 Å². The molecule has 0 aliphatic heterocycles. The fourth-order valence-corrected chi connectivity index (χ4v) is 1.67. The fourth-order valence-electron chi connectivity index (χ4n) is 1.67. The van der Waals surface area contributed by atoms with Crippen molar-refractivity contribution in [2.75, 3.05) is 13.2 Å². The first-order valence-corrected chi connectivity index (χ1v) is 5.18. The molecule has 0 saturated carbocycles. The number of aromatic amines is 1. The Hall–Kier alpha value is -2.21. The number of fused-ring (bicyclic) bond motifs is 1. The molecule has 0 aliphatic rings. The predicted molar refractivity (Wildman–Crippen MR) is 61.0 cm³/mol. The van der Waals surface area contributed by atoms with Crippen LogP contribution in [0.5, 0.6) is 0 Å². The number of rotatable bonds is 5. The van der Waals surface area contributed by atoms with E-state index in [9.17, 15) is 14.0 Å². The molecule has 0 amide bonds. The van der Waals surface area contributed by atoms with Crippen LogP contribution in [0.25, 0.3) is 10.9 Å². The second kappa shape index (κ2) is 4.97. The maximum atomic E-state index is 13.6. The van der Waals surface area contributed by atoms with Gasteiger partial charge in [-0.2, -0.15) is 0 Å². The number of aliphatic carboxylic acids is 1. The van der Waals surface area contributed by atoms with Crippen molar-refractivity contribution < 1.29 is 23.8 Å². The van der Waals surface area contributed by atoms with E-state index in [2.05, 4.69) is 9.72 Å². The Morgan fingerprint density at radius 1 is 1.33 bits per heavy atom. The first-order chi connectivity index (χ1) is 8.59. The van der Waals surface area contributed by atoms with E-state index < -0.39 is 30.8 Å². The summed E-state index contributed by atoms with van der Waals surface area (Å²) in [7, 11) is 0. The van der Waals surface area contributed by atoms with Gasteiger partial charge in [-0.1, -0.05) is 6.07 Å². The normalized spacial score (nSPS) is 10.7. The molecule has 0 unspecified atom stereocenters. The Morgan fingerprint density at radius 2 is 2.11 bits per heavy atom. The molecule has 18 heavy (non-hydrogen) atoms. The summed E-state index contributed by atoms with van der Waals surface area (Å²) in [6.07, 6.45) is 1.39. The van der Waals surface area contributed by atoms with Crippen molar-refractivity contribution in [3.63, 3.8) is 0 Å². The van der Waals surface area contributed by atoms with E-state index in [0.717, 1.165) is 0 Å². The molecule has 2 aromatic rings. The Bertz CT molecular complexity index is 605. The summed E-state index contributed by atoms with van der Waals surface area (Å²) >= 11 is 0. The highest BCUT2D eigenvalue weighted by molar-refractivity contribution is 6.08. The van der Waals surface area contributed by atoms with E-state index in [1.165, 1.54) is 18.3 Å². The van der Waals surface area contributed by atoms with Gasteiger partial charge in [-0.15, -0.1) is 0 Å². The maximum absolute atomic E-state index is 13.6. The molecule has 1 aromatic carbocycles. The van der Waals surface area contributed by atoms with Crippen molar-refractivity contribution in [3.05, 3.63) is 35.8 Å². The van der Waals surface area contributed by atoms with Crippen molar-refractivity contribution >= 4 is 22.7 Å². The molecular weight excluding hydrogens is 241 g/mol. The zero-order valence-electron chi connectivity index (χ0n) is 9.27. The van der Waals surface area contributed by atoms with Crippen LogP contribution in [0.3, 0.4) is 0 Å². The molecule has 1 heterocycles. The average Bonchev–Trinajstić information content (AvgIpc) is 2.73. The highest BCUT2D eigenvalue weighted by atomic mass is 19.1. The molecule has 2 rings (SSSR count). The minimum absolute atomic E-state index is 0.161. The lowest BCUT2D eigenvalue weighted by Gasteiger charge is -2.00. The van der Waals surface area contributed by atoms with Crippen LogP contribution in [-0.2, 0) is 9.53 Å². The number of carbonyl (C=O) groups excluding carboxylic acids is 1. The van der Waals surface area contributed by atoms with Crippen molar-refractivity contribution in [1.82, 2.24) is 4.98 Å². The molecule has 0 atom stereocenters. The molecule has 0 radical (unpaired) electrons. The molecule has 0 aliphatic carbocycles. The van der Waals surface area contributed by atoms with Crippen LogP contribution >= 0.6 is 0 Å². The highest BCUT2D eigenvalue weighted by Gasteiger charge is 2.15. The monoisotopic (exact) mass is 251 g/mol. The molecule has 0 fully saturated rings. The highest BCUT2D eigenvalue weighted by Crippen LogP contribution is 2.21. The van der Waals surface area contributed by atoms with Crippen LogP contribution in [0.2, 0.25) is 0 Å². The zero-order chi connectivity index (χ0) is 13.1. The lowest BCUT2D eigenvalue weighted by atomic mass is 10.1. The third kappa shape index (κ3) is 2.38. The molecule has 6 heteroatoms. The lowest BCUT2D eigenvalue weighted by molar-refractivity contribution is -0.141. The van der Waals surface area contributed by atoms with Crippen LogP contribution in [0.15, 0.2) is 24.4 Å². The van der Waals surface area contributed by atoms with Crippen LogP contribution in [0.1, 0.15) is 10.4 Å². The largest absolute Gasteiger partial charge is 0.480 e. The standard InChI is InChI=1S/C12H10FNO4/c13-8-2-1-3-9-12(8)7(4-14-9)10(15)5-18-6-11(16)17/h1-4,14H,5-6H2,(H,16,17). The molecule has 2 N–H and O–H groups in total. The van der Waals surface area contributed by atoms with Gasteiger partial charge in [-0.25, -0.2) is 9.18 Å². The topological polar surface area (TPSA) is 79.4 Å². The summed E-state index contributed by atoms with van der Waals surface area (Å²) in [4.78, 5) is 24.8. The lowest BCUT2D eigenvalue weighted by Crippen LogP contribution is -2.14. The summed E-state index contributed by atoms with van der Waals surface area (Å²) in [6.45, 7) is -0.954. The number of H-pyrrole nitrogens is 1. The zero-order valence-corrected chi connectivity index (χ0v) is 9.27. The summed E-state index contributed by atoms with van der Waals surface area (Å²) < 4.78 is 18.3. The van der Waals surface area contributed by atoms with Crippen LogP contribution in [0.4, 0.5) is 4.39 Å². The van der Waals surface area contributed by atoms with E-state index in [4.69, 9.17) is 5.11 Å². The Balaban J connectivity index is 2.20. The summed E-state index contributed by atoms with van der Waals surface area (Å²) in [6, 6.07) is 4.43. The number of nitrogens with one attached hydrogen (secondary N) is 1. The van der Waals surface area contributed by atoms with E-state index in [-0.39, 0.29) is 10.9 Å². The number of carbonyl (C=O) groups is 2. The number of ether oxygens (including phenoxy) is 1. The third-order valence-corrected chi connectivity index (χ3v) is 2.41. The van der Waals surface area contributed by atoms with Gasteiger partial charge < -0.3 is 14.8 Å². The van der Waals surface area contributed by atoms with Gasteiger partial charge in [0.15, 0.2) is 5.78 Å². The first-order valence-electron chi connectivity index (χ1n) is 5.18. The molecule has 94 valence electrons. The van der Waals surface area contributed by atoms with Crippen molar-refractivity contribution in [3.8, 4) is 0 Å². The van der Waals surface area contributed by atoms with E-state index in [1.807, 2.05) is 0 Å².